The van der Waals surface area contributed by atoms with Gasteiger partial charge in [0, 0.05) is 0 Å². The van der Waals surface area contributed by atoms with Gasteiger partial charge in [-0.3, -0.25) is 30.3 Å². The molecule has 0 aromatic heterocycles. The molecule has 0 saturated carbocycles. The van der Waals surface area contributed by atoms with Gasteiger partial charge < -0.3 is 5.32 Å². The lowest BCUT2D eigenvalue weighted by atomic mass is 10.3. The van der Waals surface area contributed by atoms with Crippen LogP contribution in [-0.2, 0) is 14.4 Å². The molecule has 0 radical (unpaired) electrons. The predicted octanol–water partition coefficient (Wildman–Crippen LogP) is -2.43. The van der Waals surface area contributed by atoms with Gasteiger partial charge in [-0.2, -0.15) is 0 Å². The molecule has 0 aromatic carbocycles. The van der Waals surface area contributed by atoms with E-state index in [9.17, 15) is 24.0 Å². The Balaban J connectivity index is 0.000000165. The molecule has 7 amide bonds. The lowest BCUT2D eigenvalue weighted by Crippen LogP contribution is -2.49. The molecule has 2 heterocycles. The molecule has 0 spiro atoms. The van der Waals surface area contributed by atoms with E-state index in [4.69, 9.17) is 0 Å². The summed E-state index contributed by atoms with van der Waals surface area (Å²) in [5, 5.41) is 8.10. The highest BCUT2D eigenvalue weighted by Crippen LogP contribution is 1.85. The number of amides is 7. The van der Waals surface area contributed by atoms with Gasteiger partial charge in [0.25, 0.3) is 0 Å². The van der Waals surface area contributed by atoms with Crippen molar-refractivity contribution in [3.63, 3.8) is 0 Å². The second-order valence-corrected chi connectivity index (χ2v) is 2.83. The topological polar surface area (TPSA) is 133 Å². The summed E-state index contributed by atoms with van der Waals surface area (Å²) in [7, 11) is 0. The maximum atomic E-state index is 10.3. The van der Waals surface area contributed by atoms with Crippen molar-refractivity contribution >= 4 is 29.8 Å². The summed E-state index contributed by atoms with van der Waals surface area (Å²) in [5.74, 6) is -1.36. The minimum atomic E-state index is -0.740. The molecule has 2 fully saturated rings. The van der Waals surface area contributed by atoms with E-state index in [2.05, 4.69) is 5.32 Å². The van der Waals surface area contributed by atoms with Gasteiger partial charge >= 0.3 is 12.1 Å². The molecule has 16 heavy (non-hydrogen) atoms. The fraction of sp³-hybridized carbons (Fsp3) is 0.286. The molecule has 0 unspecified atom stereocenters. The van der Waals surface area contributed by atoms with Crippen LogP contribution in [0.1, 0.15) is 6.42 Å². The van der Waals surface area contributed by atoms with Crippen molar-refractivity contribution in [1.29, 1.82) is 0 Å². The Kier molecular flexibility index (Phi) is 3.53. The highest BCUT2D eigenvalue weighted by molar-refractivity contribution is 6.14. The molecule has 0 bridgehead atoms. The number of carbonyl (C=O) groups excluding carboxylic acids is 5. The van der Waals surface area contributed by atoms with Crippen molar-refractivity contribution < 1.29 is 24.0 Å². The lowest BCUT2D eigenvalue weighted by molar-refractivity contribution is -0.129. The Morgan fingerprint density at radius 1 is 0.688 bits per heavy atom. The molecule has 9 heteroatoms. The van der Waals surface area contributed by atoms with E-state index in [0.29, 0.717) is 0 Å². The van der Waals surface area contributed by atoms with Gasteiger partial charge in [0.15, 0.2) is 0 Å². The zero-order valence-electron chi connectivity index (χ0n) is 7.96. The monoisotopic (exact) mass is 228 g/mol. The molecule has 0 atom stereocenters. The van der Waals surface area contributed by atoms with Crippen molar-refractivity contribution in [1.82, 2.24) is 21.3 Å². The molecular weight excluding hydrogens is 220 g/mol. The Bertz CT molecular complexity index is 318. The van der Waals surface area contributed by atoms with Gasteiger partial charge in [-0.1, -0.05) is 0 Å². The van der Waals surface area contributed by atoms with Gasteiger partial charge in [0.1, 0.15) is 6.42 Å². The fourth-order valence-electron chi connectivity index (χ4n) is 0.894. The second-order valence-electron chi connectivity index (χ2n) is 2.83. The van der Waals surface area contributed by atoms with E-state index in [1.807, 2.05) is 16.0 Å². The molecule has 2 saturated heterocycles. The average molecular weight is 228 g/mol. The first kappa shape index (κ1) is 11.6. The van der Waals surface area contributed by atoms with Crippen LogP contribution in [0.4, 0.5) is 9.59 Å². The number of carbonyl (C=O) groups is 5. The summed E-state index contributed by atoms with van der Waals surface area (Å²) in [6.07, 6.45) is -0.258. The van der Waals surface area contributed by atoms with Crippen LogP contribution in [0.2, 0.25) is 0 Å². The number of nitrogens with one attached hydrogen (secondary N) is 4. The summed E-state index contributed by atoms with van der Waals surface area (Å²) < 4.78 is 0. The van der Waals surface area contributed by atoms with Crippen molar-refractivity contribution in [2.24, 2.45) is 0 Å². The largest absolute Gasteiger partial charge is 0.329 e. The highest BCUT2D eigenvalue weighted by Gasteiger charge is 2.20. The van der Waals surface area contributed by atoms with Gasteiger partial charge in [0.2, 0.25) is 17.7 Å². The van der Waals surface area contributed by atoms with Crippen molar-refractivity contribution in [3.8, 4) is 0 Å². The quantitative estimate of drug-likeness (QED) is 0.270. The molecule has 86 valence electrons. The van der Waals surface area contributed by atoms with Crippen molar-refractivity contribution in [2.45, 2.75) is 6.42 Å². The Morgan fingerprint density at radius 2 is 1.19 bits per heavy atom. The molecule has 0 aliphatic carbocycles. The van der Waals surface area contributed by atoms with Crippen LogP contribution in [-0.4, -0.2) is 36.3 Å². The smallest absolute Gasteiger partial charge is 0.328 e. The maximum absolute atomic E-state index is 10.3. The molecule has 4 N–H and O–H groups in total. The third-order valence-electron chi connectivity index (χ3n) is 1.49. The first-order chi connectivity index (χ1) is 7.47. The van der Waals surface area contributed by atoms with E-state index in [-0.39, 0.29) is 18.9 Å². The normalized spacial score (nSPS) is 18.9. The van der Waals surface area contributed by atoms with Gasteiger partial charge in [0.05, 0.1) is 6.54 Å². The summed E-state index contributed by atoms with van der Waals surface area (Å²) in [4.78, 5) is 50.9. The van der Waals surface area contributed by atoms with E-state index < -0.39 is 23.9 Å². The third kappa shape index (κ3) is 3.74. The van der Waals surface area contributed by atoms with E-state index >= 15 is 0 Å². The van der Waals surface area contributed by atoms with Gasteiger partial charge in [-0.15, -0.1) is 0 Å². The highest BCUT2D eigenvalue weighted by atomic mass is 16.2. The number of rotatable bonds is 0. The van der Waals surface area contributed by atoms with Crippen LogP contribution < -0.4 is 21.3 Å². The Morgan fingerprint density at radius 3 is 1.44 bits per heavy atom. The molecule has 2 aliphatic heterocycles. The molecular formula is C7H8N4O5. The Labute approximate surface area is 88.9 Å². The fourth-order valence-corrected chi connectivity index (χ4v) is 0.894. The number of hydrogen-bond acceptors (Lipinski definition) is 5. The van der Waals surface area contributed by atoms with E-state index in [1.165, 1.54) is 0 Å². The van der Waals surface area contributed by atoms with Crippen molar-refractivity contribution in [3.05, 3.63) is 0 Å². The summed E-state index contributed by atoms with van der Waals surface area (Å²) in [5.41, 5.74) is 0. The zero-order valence-corrected chi connectivity index (χ0v) is 7.96. The number of urea groups is 2. The molecule has 2 rings (SSSR count). The van der Waals surface area contributed by atoms with Crippen LogP contribution in [0.5, 0.6) is 0 Å². The van der Waals surface area contributed by atoms with Crippen LogP contribution in [0.25, 0.3) is 0 Å². The molecule has 9 nitrogen and oxygen atoms in total. The first-order valence-corrected chi connectivity index (χ1v) is 4.18. The van der Waals surface area contributed by atoms with Crippen LogP contribution in [0.15, 0.2) is 0 Å². The van der Waals surface area contributed by atoms with Crippen molar-refractivity contribution in [2.75, 3.05) is 6.54 Å². The van der Waals surface area contributed by atoms with Gasteiger partial charge in [-0.05, 0) is 0 Å². The van der Waals surface area contributed by atoms with E-state index in [1.54, 1.807) is 0 Å². The summed E-state index contributed by atoms with van der Waals surface area (Å²) in [6.45, 7) is 0.124. The standard InChI is InChI=1S/C4H4N2O3.C3H4N2O2/c7-2-1-3(8)6-4(9)5-2;6-2-1-4-3(7)5-2/h1H2,(H2,5,6,7,8,9);1H2,(H2,4,5,6,7). The van der Waals surface area contributed by atoms with Gasteiger partial charge in [-0.25, -0.2) is 9.59 Å². The maximum Gasteiger partial charge on any atom is 0.328 e. The minimum absolute atomic E-state index is 0.124. The first-order valence-electron chi connectivity index (χ1n) is 4.18. The van der Waals surface area contributed by atoms with E-state index in [0.717, 1.165) is 0 Å². The van der Waals surface area contributed by atoms with Crippen LogP contribution in [0.3, 0.4) is 0 Å². The average Bonchev–Trinajstić information content (AvgIpc) is 2.48. The SMILES string of the molecule is O=C1CC(=O)NC(=O)N1.O=C1CNC(=O)N1. The Hall–Kier alpha value is -2.45. The number of barbiturate groups is 1. The lowest BCUT2D eigenvalue weighted by Gasteiger charge is -2.09. The van der Waals surface area contributed by atoms with Crippen LogP contribution >= 0.6 is 0 Å². The minimum Gasteiger partial charge on any atom is -0.329 e. The summed E-state index contributed by atoms with van der Waals surface area (Å²) >= 11 is 0. The zero-order chi connectivity index (χ0) is 12.1. The molecule has 2 aliphatic rings. The second kappa shape index (κ2) is 4.87. The number of imide groups is 3. The predicted molar refractivity (Wildman–Crippen MR) is 47.8 cm³/mol. The molecule has 0 aromatic rings. The summed E-state index contributed by atoms with van der Waals surface area (Å²) in [6, 6.07) is -1.14. The van der Waals surface area contributed by atoms with Crippen LogP contribution in [0, 0.1) is 0 Å². The number of hydrogen-bond donors (Lipinski definition) is 4. The third-order valence-corrected chi connectivity index (χ3v) is 1.49.